The first-order valence-electron chi connectivity index (χ1n) is 11.0. The SMILES string of the molecule is CC.CC1(NC(=O)c2nc3nc(Oc4ncc(Cl)cc4OCC(F)F)ccc3[nH]2)CCS(=O)CC1. The number of pyridine rings is 2. The van der Waals surface area contributed by atoms with E-state index in [0.29, 0.717) is 29.9 Å². The molecule has 13 heteroatoms. The molecular formula is C22H26ClF2N5O4S. The normalized spacial score (nSPS) is 19.7. The van der Waals surface area contributed by atoms with Crippen molar-refractivity contribution in [3.63, 3.8) is 0 Å². The molecule has 4 rings (SSSR count). The van der Waals surface area contributed by atoms with Crippen molar-refractivity contribution < 1.29 is 27.3 Å². The first-order chi connectivity index (χ1) is 16.7. The molecule has 190 valence electrons. The van der Waals surface area contributed by atoms with Gasteiger partial charge in [-0.1, -0.05) is 25.4 Å². The highest BCUT2D eigenvalue weighted by molar-refractivity contribution is 7.85. The highest BCUT2D eigenvalue weighted by atomic mass is 35.5. The Hall–Kier alpha value is -2.86. The first kappa shape index (κ1) is 26.7. The van der Waals surface area contributed by atoms with Crippen LogP contribution >= 0.6 is 11.6 Å². The summed E-state index contributed by atoms with van der Waals surface area (Å²) in [6, 6.07) is 4.43. The molecule has 3 aromatic heterocycles. The topological polar surface area (TPSA) is 119 Å². The zero-order valence-corrected chi connectivity index (χ0v) is 21.0. The van der Waals surface area contributed by atoms with Crippen LogP contribution in [0, 0.1) is 0 Å². The fourth-order valence-corrected chi connectivity index (χ4v) is 4.95. The predicted molar refractivity (Wildman–Crippen MR) is 129 cm³/mol. The number of nitrogens with one attached hydrogen (secondary N) is 2. The molecule has 1 fully saturated rings. The lowest BCUT2D eigenvalue weighted by atomic mass is 9.95. The molecule has 1 aliphatic heterocycles. The van der Waals surface area contributed by atoms with Gasteiger partial charge in [-0.15, -0.1) is 0 Å². The second-order valence-corrected chi connectivity index (χ2v) is 9.86. The predicted octanol–water partition coefficient (Wildman–Crippen LogP) is 4.50. The van der Waals surface area contributed by atoms with Crippen LogP contribution < -0.4 is 14.8 Å². The van der Waals surface area contributed by atoms with E-state index in [0.717, 1.165) is 0 Å². The molecule has 0 aliphatic carbocycles. The maximum Gasteiger partial charge on any atom is 0.287 e. The summed E-state index contributed by atoms with van der Waals surface area (Å²) in [7, 11) is -0.842. The summed E-state index contributed by atoms with van der Waals surface area (Å²) >= 11 is 5.86. The maximum atomic E-state index is 12.7. The number of nitrogens with zero attached hydrogens (tertiary/aromatic N) is 3. The Balaban J connectivity index is 0.00000167. The minimum atomic E-state index is -2.68. The Morgan fingerprint density at radius 3 is 2.69 bits per heavy atom. The number of carbonyl (C=O) groups excluding carboxylic acids is 1. The summed E-state index contributed by atoms with van der Waals surface area (Å²) in [6.45, 7) is 5.07. The van der Waals surface area contributed by atoms with Crippen LogP contribution in [0.4, 0.5) is 8.78 Å². The van der Waals surface area contributed by atoms with Gasteiger partial charge in [-0.2, -0.15) is 4.98 Å². The van der Waals surface area contributed by atoms with Gasteiger partial charge in [-0.25, -0.2) is 18.7 Å². The third kappa shape index (κ3) is 7.07. The number of carbonyl (C=O) groups is 1. The third-order valence-corrected chi connectivity index (χ3v) is 6.59. The molecule has 1 amide bonds. The molecule has 0 aromatic carbocycles. The van der Waals surface area contributed by atoms with E-state index in [-0.39, 0.29) is 34.0 Å². The summed E-state index contributed by atoms with van der Waals surface area (Å²) in [5.41, 5.74) is 0.262. The summed E-state index contributed by atoms with van der Waals surface area (Å²) in [5.74, 6) is 0.679. The highest BCUT2D eigenvalue weighted by Gasteiger charge is 2.32. The number of alkyl halides is 2. The minimum Gasteiger partial charge on any atom is -0.482 e. The number of ether oxygens (including phenoxy) is 2. The number of rotatable bonds is 7. The van der Waals surface area contributed by atoms with Crippen LogP contribution in [0.2, 0.25) is 5.02 Å². The summed E-state index contributed by atoms with van der Waals surface area (Å²) < 4.78 is 47.2. The fourth-order valence-electron chi connectivity index (χ4n) is 3.24. The lowest BCUT2D eigenvalue weighted by Crippen LogP contribution is -2.50. The molecule has 35 heavy (non-hydrogen) atoms. The maximum absolute atomic E-state index is 12.7. The average Bonchev–Trinajstić information content (AvgIpc) is 3.26. The lowest BCUT2D eigenvalue weighted by Gasteiger charge is -2.33. The van der Waals surface area contributed by atoms with Crippen LogP contribution in [0.5, 0.6) is 17.5 Å². The Morgan fingerprint density at radius 2 is 2.00 bits per heavy atom. The zero-order chi connectivity index (χ0) is 25.6. The number of aromatic amines is 1. The minimum absolute atomic E-state index is 0.0616. The number of hydrogen-bond donors (Lipinski definition) is 2. The van der Waals surface area contributed by atoms with E-state index in [9.17, 15) is 17.8 Å². The van der Waals surface area contributed by atoms with Crippen molar-refractivity contribution in [1.29, 1.82) is 0 Å². The van der Waals surface area contributed by atoms with E-state index in [4.69, 9.17) is 21.1 Å². The van der Waals surface area contributed by atoms with Crippen LogP contribution in [-0.2, 0) is 10.8 Å². The van der Waals surface area contributed by atoms with E-state index in [1.807, 2.05) is 20.8 Å². The van der Waals surface area contributed by atoms with E-state index >= 15 is 0 Å². The second kappa shape index (κ2) is 11.7. The number of H-pyrrole nitrogens is 1. The van der Waals surface area contributed by atoms with E-state index in [1.165, 1.54) is 18.3 Å². The van der Waals surface area contributed by atoms with Crippen LogP contribution in [0.3, 0.4) is 0 Å². The number of amides is 1. The lowest BCUT2D eigenvalue weighted by molar-refractivity contribution is 0.0803. The molecule has 3 aromatic rings. The van der Waals surface area contributed by atoms with Gasteiger partial charge in [-0.05, 0) is 25.8 Å². The number of aromatic nitrogens is 4. The van der Waals surface area contributed by atoms with Crippen molar-refractivity contribution in [2.45, 2.75) is 45.6 Å². The van der Waals surface area contributed by atoms with Crippen LogP contribution in [0.1, 0.15) is 44.2 Å². The van der Waals surface area contributed by atoms with Crippen molar-refractivity contribution in [2.24, 2.45) is 0 Å². The van der Waals surface area contributed by atoms with Gasteiger partial charge in [-0.3, -0.25) is 9.00 Å². The van der Waals surface area contributed by atoms with Gasteiger partial charge in [0.15, 0.2) is 17.2 Å². The Labute approximate surface area is 208 Å². The molecular weight excluding hydrogens is 504 g/mol. The van der Waals surface area contributed by atoms with Gasteiger partial charge < -0.3 is 19.8 Å². The van der Waals surface area contributed by atoms with Gasteiger partial charge in [0.2, 0.25) is 5.88 Å². The van der Waals surface area contributed by atoms with Crippen molar-refractivity contribution in [2.75, 3.05) is 18.1 Å². The molecule has 2 N–H and O–H groups in total. The second-order valence-electron chi connectivity index (χ2n) is 7.73. The zero-order valence-electron chi connectivity index (χ0n) is 19.4. The van der Waals surface area contributed by atoms with Crippen molar-refractivity contribution in [1.82, 2.24) is 25.3 Å². The molecule has 4 heterocycles. The third-order valence-electron chi connectivity index (χ3n) is 5.06. The van der Waals surface area contributed by atoms with Crippen molar-refractivity contribution in [3.05, 3.63) is 35.2 Å². The number of fused-ring (bicyclic) bond motifs is 1. The van der Waals surface area contributed by atoms with Gasteiger partial charge >= 0.3 is 0 Å². The van der Waals surface area contributed by atoms with Gasteiger partial charge in [0.1, 0.15) is 6.61 Å². The molecule has 0 bridgehead atoms. The van der Waals surface area contributed by atoms with E-state index in [2.05, 4.69) is 25.3 Å². The summed E-state index contributed by atoms with van der Waals surface area (Å²) in [6.07, 6.45) is -0.168. The van der Waals surface area contributed by atoms with E-state index < -0.39 is 35.3 Å². The van der Waals surface area contributed by atoms with Gasteiger partial charge in [0.05, 0.1) is 10.5 Å². The molecule has 0 radical (unpaired) electrons. The monoisotopic (exact) mass is 529 g/mol. The average molecular weight is 530 g/mol. The molecule has 1 saturated heterocycles. The first-order valence-corrected chi connectivity index (χ1v) is 12.9. The summed E-state index contributed by atoms with van der Waals surface area (Å²) in [5, 5.41) is 3.15. The molecule has 0 saturated carbocycles. The smallest absolute Gasteiger partial charge is 0.287 e. The van der Waals surface area contributed by atoms with E-state index in [1.54, 1.807) is 6.07 Å². The van der Waals surface area contributed by atoms with Gasteiger partial charge in [0, 0.05) is 46.2 Å². The molecule has 9 nitrogen and oxygen atoms in total. The molecule has 0 unspecified atom stereocenters. The quantitative estimate of drug-likeness (QED) is 0.462. The number of hydrogen-bond acceptors (Lipinski definition) is 7. The molecule has 1 aliphatic rings. The Bertz CT molecular complexity index is 1200. The van der Waals surface area contributed by atoms with Crippen molar-refractivity contribution in [3.8, 4) is 17.5 Å². The Kier molecular flexibility index (Phi) is 8.95. The highest BCUT2D eigenvalue weighted by Crippen LogP contribution is 2.31. The Morgan fingerprint density at radius 1 is 1.29 bits per heavy atom. The summed E-state index contributed by atoms with van der Waals surface area (Å²) in [4.78, 5) is 28.1. The molecule has 0 spiro atoms. The van der Waals surface area contributed by atoms with Gasteiger partial charge in [0.25, 0.3) is 18.2 Å². The van der Waals surface area contributed by atoms with Crippen molar-refractivity contribution >= 4 is 39.5 Å². The molecule has 0 atom stereocenters. The number of imidazole rings is 1. The standard InChI is InChI=1S/C20H20ClF2N5O4S.C2H6/c1-20(4-6-33(30)7-5-20)28-18(29)17-25-12-2-3-15(26-16(12)27-17)32-19-13(31-10-14(22)23)8-11(21)9-24-19;1-2/h2-3,8-9,14H,4-7,10H2,1H3,(H,28,29)(H,25,26,27);1-2H3. The van der Waals surface area contributed by atoms with Crippen LogP contribution in [-0.4, -0.2) is 60.1 Å². The van der Waals surface area contributed by atoms with Crippen LogP contribution in [0.25, 0.3) is 11.2 Å². The fraction of sp³-hybridized carbons (Fsp3) is 0.455. The largest absolute Gasteiger partial charge is 0.482 e. The van der Waals surface area contributed by atoms with Crippen LogP contribution in [0.15, 0.2) is 24.4 Å². The number of halogens is 3.